The van der Waals surface area contributed by atoms with Crippen LogP contribution in [0.15, 0.2) is 24.3 Å². The minimum Gasteiger partial charge on any atom is -0.395 e. The second-order valence-electron chi connectivity index (χ2n) is 4.67. The summed E-state index contributed by atoms with van der Waals surface area (Å²) in [6.07, 6.45) is 3.29. The molecule has 0 spiro atoms. The molecule has 0 heterocycles. The molecule has 0 bridgehead atoms. The van der Waals surface area contributed by atoms with Crippen molar-refractivity contribution in [3.8, 4) is 0 Å². The molecular weight excluding hydrogens is 210 g/mol. The zero-order valence-corrected chi connectivity index (χ0v) is 11.2. The van der Waals surface area contributed by atoms with Gasteiger partial charge in [0.2, 0.25) is 0 Å². The molecule has 2 N–H and O–H groups in total. The van der Waals surface area contributed by atoms with Crippen LogP contribution in [0.1, 0.15) is 50.8 Å². The molecule has 1 aromatic carbocycles. The summed E-state index contributed by atoms with van der Waals surface area (Å²) in [5.41, 5.74) is 2.69. The molecule has 0 saturated carbocycles. The lowest BCUT2D eigenvalue weighted by atomic mass is 10.0. The number of aryl methyl sites for hydroxylation is 1. The van der Waals surface area contributed by atoms with E-state index < -0.39 is 0 Å². The third-order valence-electron chi connectivity index (χ3n) is 3.22. The van der Waals surface area contributed by atoms with Gasteiger partial charge >= 0.3 is 0 Å². The Morgan fingerprint density at radius 1 is 1.18 bits per heavy atom. The van der Waals surface area contributed by atoms with E-state index in [2.05, 4.69) is 50.4 Å². The number of benzene rings is 1. The summed E-state index contributed by atoms with van der Waals surface area (Å²) >= 11 is 0. The zero-order chi connectivity index (χ0) is 12.7. The van der Waals surface area contributed by atoms with E-state index in [1.54, 1.807) is 0 Å². The molecule has 2 nitrogen and oxygen atoms in total. The van der Waals surface area contributed by atoms with Gasteiger partial charge in [-0.25, -0.2) is 0 Å². The van der Waals surface area contributed by atoms with Crippen LogP contribution in [0.3, 0.4) is 0 Å². The first-order valence-electron chi connectivity index (χ1n) is 6.67. The second-order valence-corrected chi connectivity index (χ2v) is 4.67. The maximum absolute atomic E-state index is 9.17. The van der Waals surface area contributed by atoms with E-state index in [-0.39, 0.29) is 12.6 Å². The van der Waals surface area contributed by atoms with Gasteiger partial charge in [0.25, 0.3) is 0 Å². The van der Waals surface area contributed by atoms with Gasteiger partial charge in [-0.3, -0.25) is 0 Å². The molecule has 1 unspecified atom stereocenters. The lowest BCUT2D eigenvalue weighted by molar-refractivity contribution is 0.230. The summed E-state index contributed by atoms with van der Waals surface area (Å²) < 4.78 is 0. The lowest BCUT2D eigenvalue weighted by Gasteiger charge is -2.21. The average Bonchev–Trinajstić information content (AvgIpc) is 2.37. The minimum absolute atomic E-state index is 0.195. The summed E-state index contributed by atoms with van der Waals surface area (Å²) in [5.74, 6) is 0. The highest BCUT2D eigenvalue weighted by Crippen LogP contribution is 2.15. The fourth-order valence-electron chi connectivity index (χ4n) is 2.01. The fourth-order valence-corrected chi connectivity index (χ4v) is 2.01. The van der Waals surface area contributed by atoms with Crippen LogP contribution in [0.5, 0.6) is 0 Å². The van der Waals surface area contributed by atoms with Crippen LogP contribution < -0.4 is 5.32 Å². The monoisotopic (exact) mass is 235 g/mol. The van der Waals surface area contributed by atoms with Gasteiger partial charge in [0.15, 0.2) is 0 Å². The Kier molecular flexibility index (Phi) is 6.23. The quantitative estimate of drug-likeness (QED) is 0.761. The molecular formula is C15H25NO. The molecule has 0 aromatic heterocycles. The van der Waals surface area contributed by atoms with Gasteiger partial charge in [0.05, 0.1) is 6.61 Å². The Balaban J connectivity index is 2.59. The van der Waals surface area contributed by atoms with E-state index in [1.807, 2.05) is 0 Å². The van der Waals surface area contributed by atoms with Crippen molar-refractivity contribution in [2.24, 2.45) is 0 Å². The number of aliphatic hydroxyl groups excluding tert-OH is 1. The minimum atomic E-state index is 0.195. The van der Waals surface area contributed by atoms with Crippen molar-refractivity contribution in [3.05, 3.63) is 35.4 Å². The van der Waals surface area contributed by atoms with Crippen LogP contribution in [0, 0.1) is 0 Å². The van der Waals surface area contributed by atoms with Gasteiger partial charge in [-0.2, -0.15) is 0 Å². The van der Waals surface area contributed by atoms with Crippen LogP contribution in [0.4, 0.5) is 0 Å². The predicted octanol–water partition coefficient (Wildman–Crippen LogP) is 3.06. The first-order chi connectivity index (χ1) is 8.21. The average molecular weight is 235 g/mol. The van der Waals surface area contributed by atoms with E-state index in [1.165, 1.54) is 17.5 Å². The topological polar surface area (TPSA) is 32.3 Å². The van der Waals surface area contributed by atoms with Crippen LogP contribution in [0.2, 0.25) is 0 Å². The number of rotatable bonds is 7. The maximum atomic E-state index is 9.17. The van der Waals surface area contributed by atoms with Gasteiger partial charge in [-0.05, 0) is 30.9 Å². The highest BCUT2D eigenvalue weighted by atomic mass is 16.3. The molecule has 0 radical (unpaired) electrons. The number of hydrogen-bond acceptors (Lipinski definition) is 2. The van der Waals surface area contributed by atoms with Crippen molar-refractivity contribution in [1.29, 1.82) is 0 Å². The van der Waals surface area contributed by atoms with Crippen molar-refractivity contribution in [3.63, 3.8) is 0 Å². The van der Waals surface area contributed by atoms with E-state index in [0.717, 1.165) is 12.8 Å². The molecule has 0 aliphatic heterocycles. The fraction of sp³-hybridized carbons (Fsp3) is 0.600. The Bertz CT molecular complexity index is 303. The summed E-state index contributed by atoms with van der Waals surface area (Å²) in [5, 5.41) is 12.6. The van der Waals surface area contributed by atoms with E-state index >= 15 is 0 Å². The summed E-state index contributed by atoms with van der Waals surface area (Å²) in [6, 6.07) is 9.27. The Morgan fingerprint density at radius 3 is 2.29 bits per heavy atom. The summed E-state index contributed by atoms with van der Waals surface area (Å²) in [6.45, 7) is 6.64. The van der Waals surface area contributed by atoms with Crippen LogP contribution in [-0.4, -0.2) is 17.8 Å². The first kappa shape index (κ1) is 14.2. The van der Waals surface area contributed by atoms with Gasteiger partial charge in [-0.15, -0.1) is 0 Å². The molecule has 17 heavy (non-hydrogen) atoms. The third kappa shape index (κ3) is 4.49. The van der Waals surface area contributed by atoms with Gasteiger partial charge in [0, 0.05) is 12.1 Å². The molecule has 96 valence electrons. The van der Waals surface area contributed by atoms with E-state index in [4.69, 9.17) is 0 Å². The molecule has 0 aliphatic carbocycles. The second kappa shape index (κ2) is 7.46. The molecule has 1 aromatic rings. The van der Waals surface area contributed by atoms with Crippen molar-refractivity contribution < 1.29 is 5.11 Å². The Labute approximate surface area is 105 Å². The van der Waals surface area contributed by atoms with E-state index in [9.17, 15) is 5.11 Å². The van der Waals surface area contributed by atoms with Crippen LogP contribution in [0.25, 0.3) is 0 Å². The molecule has 0 amide bonds. The van der Waals surface area contributed by atoms with Crippen molar-refractivity contribution in [1.82, 2.24) is 5.32 Å². The van der Waals surface area contributed by atoms with Gasteiger partial charge < -0.3 is 10.4 Å². The lowest BCUT2D eigenvalue weighted by Crippen LogP contribution is -2.33. The SMILES string of the molecule is CCCc1ccc(C(C)N[C@H](CC)CO)cc1. The molecule has 2 heteroatoms. The largest absolute Gasteiger partial charge is 0.395 e. The number of hydrogen-bond donors (Lipinski definition) is 2. The highest BCUT2D eigenvalue weighted by Gasteiger charge is 2.10. The predicted molar refractivity (Wildman–Crippen MR) is 73.2 cm³/mol. The van der Waals surface area contributed by atoms with E-state index in [0.29, 0.717) is 6.04 Å². The smallest absolute Gasteiger partial charge is 0.0584 e. The van der Waals surface area contributed by atoms with Gasteiger partial charge in [-0.1, -0.05) is 44.5 Å². The third-order valence-corrected chi connectivity index (χ3v) is 3.22. The van der Waals surface area contributed by atoms with Crippen molar-refractivity contribution in [2.45, 2.75) is 52.1 Å². The Morgan fingerprint density at radius 2 is 1.82 bits per heavy atom. The Hall–Kier alpha value is -0.860. The number of nitrogens with one attached hydrogen (secondary N) is 1. The summed E-state index contributed by atoms with van der Waals surface area (Å²) in [4.78, 5) is 0. The normalized spacial score (nSPS) is 14.6. The van der Waals surface area contributed by atoms with Crippen molar-refractivity contribution >= 4 is 0 Å². The summed E-state index contributed by atoms with van der Waals surface area (Å²) in [7, 11) is 0. The molecule has 0 fully saturated rings. The molecule has 0 aliphatic rings. The highest BCUT2D eigenvalue weighted by molar-refractivity contribution is 5.24. The zero-order valence-electron chi connectivity index (χ0n) is 11.2. The molecule has 0 saturated heterocycles. The van der Waals surface area contributed by atoms with Gasteiger partial charge in [0.1, 0.15) is 0 Å². The number of aliphatic hydroxyl groups is 1. The van der Waals surface area contributed by atoms with Crippen molar-refractivity contribution in [2.75, 3.05) is 6.61 Å². The van der Waals surface area contributed by atoms with Crippen LogP contribution >= 0.6 is 0 Å². The maximum Gasteiger partial charge on any atom is 0.0584 e. The standard InChI is InChI=1S/C15H25NO/c1-4-6-13-7-9-14(10-8-13)12(3)16-15(5-2)11-17/h7-10,12,15-17H,4-6,11H2,1-3H3/t12?,15-/m1/s1. The first-order valence-corrected chi connectivity index (χ1v) is 6.67. The molecule has 1 rings (SSSR count). The molecule has 2 atom stereocenters. The van der Waals surface area contributed by atoms with Crippen LogP contribution in [-0.2, 0) is 6.42 Å².